The fourth-order valence-corrected chi connectivity index (χ4v) is 3.65. The topological polar surface area (TPSA) is 49.8 Å². The number of hydrogen-bond acceptors (Lipinski definition) is 3. The number of rotatable bonds is 2. The number of halogens is 1. The van der Waals surface area contributed by atoms with Crippen LogP contribution in [0.5, 0.6) is 0 Å². The van der Waals surface area contributed by atoms with Crippen LogP contribution < -0.4 is 5.73 Å². The molecule has 1 aromatic heterocycles. The third-order valence-corrected chi connectivity index (χ3v) is 4.63. The van der Waals surface area contributed by atoms with Crippen molar-refractivity contribution in [3.8, 4) is 28.3 Å². The van der Waals surface area contributed by atoms with Crippen molar-refractivity contribution in [2.24, 2.45) is 0 Å². The summed E-state index contributed by atoms with van der Waals surface area (Å²) in [4.78, 5) is 0.643. The van der Waals surface area contributed by atoms with E-state index in [0.29, 0.717) is 9.88 Å². The zero-order valence-corrected chi connectivity index (χ0v) is 13.4. The van der Waals surface area contributed by atoms with Crippen molar-refractivity contribution in [2.45, 2.75) is 0 Å². The maximum Gasteiger partial charge on any atom is 0.115 e. The second-order valence-electron chi connectivity index (χ2n) is 4.53. The lowest BCUT2D eigenvalue weighted by molar-refractivity contribution is 1.51. The number of hydrogen-bond donors (Lipinski definition) is 1. The maximum atomic E-state index is 9.43. The molecule has 2 nitrogen and oxygen atoms in total. The van der Waals surface area contributed by atoms with Gasteiger partial charge in [-0.1, -0.05) is 58.4 Å². The fraction of sp³-hybridized carbons (Fsp3) is 0. The van der Waals surface area contributed by atoms with Crippen molar-refractivity contribution in [3.63, 3.8) is 0 Å². The number of nitriles is 1. The molecule has 0 bridgehead atoms. The number of benzene rings is 2. The van der Waals surface area contributed by atoms with Gasteiger partial charge in [0.15, 0.2) is 0 Å². The Kier molecular flexibility index (Phi) is 3.78. The van der Waals surface area contributed by atoms with E-state index in [-0.39, 0.29) is 0 Å². The molecule has 3 aromatic rings. The average Bonchev–Trinajstić information content (AvgIpc) is 2.85. The molecule has 0 aliphatic carbocycles. The van der Waals surface area contributed by atoms with Gasteiger partial charge in [0, 0.05) is 15.6 Å². The zero-order chi connectivity index (χ0) is 14.8. The van der Waals surface area contributed by atoms with E-state index in [0.717, 1.165) is 26.7 Å². The number of nitrogen functional groups attached to an aromatic ring is 1. The van der Waals surface area contributed by atoms with E-state index in [9.17, 15) is 5.26 Å². The van der Waals surface area contributed by atoms with Gasteiger partial charge >= 0.3 is 0 Å². The molecular weight excluding hydrogens is 344 g/mol. The van der Waals surface area contributed by atoms with E-state index in [2.05, 4.69) is 22.0 Å². The predicted octanol–water partition coefficient (Wildman–Crippen LogP) is 5.30. The first-order chi connectivity index (χ1) is 10.2. The molecule has 102 valence electrons. The van der Waals surface area contributed by atoms with Gasteiger partial charge in [-0.05, 0) is 23.3 Å². The standard InChI is InChI=1S/C17H11BrN2S/c18-13-8-4-7-12(9-13)15-14(10-19)21-17(20)16(15)11-5-2-1-3-6-11/h1-9H,20H2. The molecule has 3 rings (SSSR count). The monoisotopic (exact) mass is 354 g/mol. The quantitative estimate of drug-likeness (QED) is 0.678. The molecule has 0 saturated carbocycles. The Bertz CT molecular complexity index is 832. The number of nitrogens with two attached hydrogens (primary N) is 1. The van der Waals surface area contributed by atoms with Crippen LogP contribution in [0.25, 0.3) is 22.3 Å². The van der Waals surface area contributed by atoms with Crippen molar-refractivity contribution in [1.29, 1.82) is 5.26 Å². The van der Waals surface area contributed by atoms with Crippen molar-refractivity contribution in [2.75, 3.05) is 5.73 Å². The summed E-state index contributed by atoms with van der Waals surface area (Å²) < 4.78 is 0.979. The lowest BCUT2D eigenvalue weighted by Gasteiger charge is -2.07. The highest BCUT2D eigenvalue weighted by molar-refractivity contribution is 9.10. The van der Waals surface area contributed by atoms with Crippen molar-refractivity contribution >= 4 is 32.3 Å². The van der Waals surface area contributed by atoms with Crippen LogP contribution in [0.15, 0.2) is 59.1 Å². The highest BCUT2D eigenvalue weighted by atomic mass is 79.9. The zero-order valence-electron chi connectivity index (χ0n) is 11.0. The minimum absolute atomic E-state index is 0.643. The fourth-order valence-electron chi connectivity index (χ4n) is 2.34. The van der Waals surface area contributed by atoms with Crippen molar-refractivity contribution in [3.05, 3.63) is 63.9 Å². The van der Waals surface area contributed by atoms with Gasteiger partial charge in [-0.3, -0.25) is 0 Å². The minimum Gasteiger partial charge on any atom is -0.390 e. The van der Waals surface area contributed by atoms with E-state index in [1.165, 1.54) is 11.3 Å². The molecule has 4 heteroatoms. The van der Waals surface area contributed by atoms with Crippen LogP contribution in [0, 0.1) is 11.3 Å². The van der Waals surface area contributed by atoms with Crippen LogP contribution in [0.4, 0.5) is 5.00 Å². The second-order valence-corrected chi connectivity index (χ2v) is 6.50. The molecule has 1 heterocycles. The van der Waals surface area contributed by atoms with Gasteiger partial charge in [-0.15, -0.1) is 11.3 Å². The lowest BCUT2D eigenvalue weighted by atomic mass is 9.96. The maximum absolute atomic E-state index is 9.43. The third kappa shape index (κ3) is 2.58. The first-order valence-corrected chi connectivity index (χ1v) is 7.95. The van der Waals surface area contributed by atoms with Crippen LogP contribution in [-0.4, -0.2) is 0 Å². The normalized spacial score (nSPS) is 10.3. The Morgan fingerprint density at radius 3 is 2.33 bits per heavy atom. The van der Waals surface area contributed by atoms with E-state index in [1.54, 1.807) is 0 Å². The van der Waals surface area contributed by atoms with E-state index >= 15 is 0 Å². The van der Waals surface area contributed by atoms with Gasteiger partial charge in [-0.2, -0.15) is 5.26 Å². The van der Waals surface area contributed by atoms with E-state index in [4.69, 9.17) is 5.73 Å². The largest absolute Gasteiger partial charge is 0.390 e. The molecule has 0 unspecified atom stereocenters. The summed E-state index contributed by atoms with van der Waals surface area (Å²) in [6.07, 6.45) is 0. The predicted molar refractivity (Wildman–Crippen MR) is 92.0 cm³/mol. The van der Waals surface area contributed by atoms with Crippen molar-refractivity contribution in [1.82, 2.24) is 0 Å². The molecule has 0 aliphatic heterocycles. The van der Waals surface area contributed by atoms with Gasteiger partial charge in [0.2, 0.25) is 0 Å². The van der Waals surface area contributed by atoms with Gasteiger partial charge in [0.1, 0.15) is 10.9 Å². The molecule has 0 atom stereocenters. The minimum atomic E-state index is 0.643. The molecular formula is C17H11BrN2S. The summed E-state index contributed by atoms with van der Waals surface area (Å²) in [5.41, 5.74) is 10.1. The van der Waals surface area contributed by atoms with Gasteiger partial charge in [-0.25, -0.2) is 0 Å². The van der Waals surface area contributed by atoms with Crippen LogP contribution in [0.3, 0.4) is 0 Å². The van der Waals surface area contributed by atoms with Crippen LogP contribution in [-0.2, 0) is 0 Å². The molecule has 0 aliphatic rings. The van der Waals surface area contributed by atoms with Gasteiger partial charge in [0.25, 0.3) is 0 Å². The highest BCUT2D eigenvalue weighted by Crippen LogP contribution is 2.44. The summed E-state index contributed by atoms with van der Waals surface area (Å²) in [7, 11) is 0. The molecule has 0 spiro atoms. The lowest BCUT2D eigenvalue weighted by Crippen LogP contribution is -1.87. The molecule has 2 aromatic carbocycles. The first kappa shape index (κ1) is 13.9. The van der Waals surface area contributed by atoms with Crippen LogP contribution >= 0.6 is 27.3 Å². The third-order valence-electron chi connectivity index (χ3n) is 3.21. The number of anilines is 1. The van der Waals surface area contributed by atoms with Crippen LogP contribution in [0.1, 0.15) is 4.88 Å². The highest BCUT2D eigenvalue weighted by Gasteiger charge is 2.19. The van der Waals surface area contributed by atoms with Gasteiger partial charge in [0.05, 0.1) is 5.00 Å². The summed E-state index contributed by atoms with van der Waals surface area (Å²) in [6, 6.07) is 20.2. The summed E-state index contributed by atoms with van der Waals surface area (Å²) in [5, 5.41) is 10.1. The Balaban J connectivity index is 2.31. The molecule has 21 heavy (non-hydrogen) atoms. The molecule has 0 radical (unpaired) electrons. The Morgan fingerprint density at radius 1 is 0.952 bits per heavy atom. The average molecular weight is 355 g/mol. The smallest absolute Gasteiger partial charge is 0.115 e. The SMILES string of the molecule is N#Cc1sc(N)c(-c2ccccc2)c1-c1cccc(Br)c1. The molecule has 0 fully saturated rings. The Morgan fingerprint density at radius 2 is 1.67 bits per heavy atom. The first-order valence-electron chi connectivity index (χ1n) is 6.34. The number of nitrogens with zero attached hydrogens (tertiary/aromatic N) is 1. The van der Waals surface area contributed by atoms with E-state index < -0.39 is 0 Å². The van der Waals surface area contributed by atoms with Crippen molar-refractivity contribution < 1.29 is 0 Å². The van der Waals surface area contributed by atoms with E-state index in [1.807, 2.05) is 54.6 Å². The summed E-state index contributed by atoms with van der Waals surface area (Å²) in [5.74, 6) is 0. The molecule has 0 saturated heterocycles. The number of thiophene rings is 1. The second kappa shape index (κ2) is 5.72. The molecule has 0 amide bonds. The van der Waals surface area contributed by atoms with Crippen LogP contribution in [0.2, 0.25) is 0 Å². The summed E-state index contributed by atoms with van der Waals surface area (Å²) in [6.45, 7) is 0. The molecule has 2 N–H and O–H groups in total. The Hall–Kier alpha value is -2.09. The Labute approximate surface area is 135 Å². The van der Waals surface area contributed by atoms with Gasteiger partial charge < -0.3 is 5.73 Å². The summed E-state index contributed by atoms with van der Waals surface area (Å²) >= 11 is 4.82.